The number of anilines is 2. The standard InChI is InChI=1S/C41H48F2N10O5/c1-50(18-4-6-26-5-3-7-31-36(26)51(2)41(57)53(31)32-14-15-34(54)48-39(32)56)21-25-10-12-28(13-11-25)52-22-29(35(49-52)37(42)43)46-38(55)30-23-58-40(47-30)27-16-17-44-33(19-27)45-20-24-8-9-24/h3,5,7,16-17,19,22-25,28,32,37H,4,6,8-15,18,20-21H2,1-2H3,(H,44,45)(H,46,55)(H,48,54,56). The first-order valence-electron chi connectivity index (χ1n) is 20.1. The minimum atomic E-state index is -2.88. The Hall–Kier alpha value is -5.71. The maximum absolute atomic E-state index is 14.2. The number of carbonyl (C=O) groups excluding carboxylic acids is 3. The van der Waals surface area contributed by atoms with Gasteiger partial charge in [0.2, 0.25) is 17.7 Å². The number of oxazole rings is 1. The smallest absolute Gasteiger partial charge is 0.329 e. The number of halogens is 2. The summed E-state index contributed by atoms with van der Waals surface area (Å²) in [5.74, 6) is 0.564. The minimum Gasteiger partial charge on any atom is -0.444 e. The first kappa shape index (κ1) is 39.1. The lowest BCUT2D eigenvalue weighted by Crippen LogP contribution is -2.44. The van der Waals surface area contributed by atoms with Gasteiger partial charge in [-0.2, -0.15) is 5.10 Å². The van der Waals surface area contributed by atoms with Gasteiger partial charge in [0, 0.05) is 44.5 Å². The molecule has 1 unspecified atom stereocenters. The Morgan fingerprint density at radius 3 is 2.62 bits per heavy atom. The quantitative estimate of drug-likeness (QED) is 0.109. The molecule has 5 heterocycles. The van der Waals surface area contributed by atoms with Crippen LogP contribution in [0.4, 0.5) is 20.3 Å². The fraction of sp³-hybridized carbons (Fsp3) is 0.488. The Bertz CT molecular complexity index is 2370. The molecule has 58 heavy (non-hydrogen) atoms. The van der Waals surface area contributed by atoms with Crippen molar-refractivity contribution in [3.05, 3.63) is 76.4 Å². The summed E-state index contributed by atoms with van der Waals surface area (Å²) in [6.07, 6.45) is 9.31. The summed E-state index contributed by atoms with van der Waals surface area (Å²) in [5, 5.41) is 12.5. The molecule has 2 aliphatic carbocycles. The zero-order valence-corrected chi connectivity index (χ0v) is 32.6. The van der Waals surface area contributed by atoms with E-state index in [2.05, 4.69) is 43.0 Å². The molecule has 3 aliphatic rings. The summed E-state index contributed by atoms with van der Waals surface area (Å²) in [6.45, 7) is 2.57. The Morgan fingerprint density at radius 1 is 1.07 bits per heavy atom. The van der Waals surface area contributed by atoms with Gasteiger partial charge in [-0.25, -0.2) is 23.5 Å². The Labute approximate surface area is 333 Å². The topological polar surface area (TPSA) is 174 Å². The van der Waals surface area contributed by atoms with Crippen LogP contribution in [0.25, 0.3) is 22.5 Å². The third-order valence-corrected chi connectivity index (χ3v) is 11.7. The summed E-state index contributed by atoms with van der Waals surface area (Å²) in [7, 11) is 3.81. The van der Waals surface area contributed by atoms with Crippen molar-refractivity contribution in [1.82, 2.24) is 39.1 Å². The molecule has 0 radical (unpaired) electrons. The van der Waals surface area contributed by atoms with Crippen LogP contribution < -0.4 is 21.6 Å². The summed E-state index contributed by atoms with van der Waals surface area (Å²) < 4.78 is 38.6. The number of para-hydroxylation sites is 1. The number of imide groups is 1. The van der Waals surface area contributed by atoms with Crippen LogP contribution in [0.3, 0.4) is 0 Å². The summed E-state index contributed by atoms with van der Waals surface area (Å²) >= 11 is 0. The number of aryl methyl sites for hydroxylation is 2. The van der Waals surface area contributed by atoms with Gasteiger partial charge >= 0.3 is 5.69 Å². The highest BCUT2D eigenvalue weighted by molar-refractivity contribution is 6.03. The normalized spacial score (nSPS) is 19.9. The van der Waals surface area contributed by atoms with E-state index >= 15 is 0 Å². The van der Waals surface area contributed by atoms with E-state index in [0.717, 1.165) is 69.2 Å². The molecule has 3 amide bonds. The largest absolute Gasteiger partial charge is 0.444 e. The Balaban J connectivity index is 0.831. The van der Waals surface area contributed by atoms with Crippen LogP contribution in [-0.2, 0) is 23.1 Å². The average molecular weight is 799 g/mol. The van der Waals surface area contributed by atoms with Gasteiger partial charge in [-0.05, 0) is 107 Å². The number of hydrogen-bond donors (Lipinski definition) is 3. The molecule has 0 spiro atoms. The van der Waals surface area contributed by atoms with Crippen LogP contribution in [0.2, 0.25) is 0 Å². The number of fused-ring (bicyclic) bond motifs is 1. The molecule has 4 aromatic heterocycles. The number of rotatable bonds is 15. The van der Waals surface area contributed by atoms with Gasteiger partial charge in [0.1, 0.15) is 18.1 Å². The highest BCUT2D eigenvalue weighted by Gasteiger charge is 2.32. The number of benzene rings is 1. The van der Waals surface area contributed by atoms with Crippen molar-refractivity contribution in [2.75, 3.05) is 37.3 Å². The molecule has 1 aromatic carbocycles. The molecule has 3 N–H and O–H groups in total. The van der Waals surface area contributed by atoms with Crippen LogP contribution in [-0.4, -0.2) is 78.2 Å². The first-order valence-corrected chi connectivity index (χ1v) is 20.1. The highest BCUT2D eigenvalue weighted by Crippen LogP contribution is 2.36. The van der Waals surface area contributed by atoms with E-state index in [9.17, 15) is 28.0 Å². The van der Waals surface area contributed by atoms with E-state index in [0.29, 0.717) is 28.7 Å². The molecule has 8 rings (SSSR count). The molecule has 1 aliphatic heterocycles. The van der Waals surface area contributed by atoms with Gasteiger partial charge in [0.25, 0.3) is 12.3 Å². The number of amides is 3. The third kappa shape index (κ3) is 8.44. The van der Waals surface area contributed by atoms with Crippen LogP contribution in [0, 0.1) is 11.8 Å². The van der Waals surface area contributed by atoms with Gasteiger partial charge in [-0.15, -0.1) is 0 Å². The zero-order chi connectivity index (χ0) is 40.5. The second-order valence-electron chi connectivity index (χ2n) is 16.0. The maximum Gasteiger partial charge on any atom is 0.329 e. The van der Waals surface area contributed by atoms with Crippen molar-refractivity contribution in [2.24, 2.45) is 18.9 Å². The van der Waals surface area contributed by atoms with E-state index in [4.69, 9.17) is 4.42 Å². The van der Waals surface area contributed by atoms with Crippen molar-refractivity contribution in [1.29, 1.82) is 0 Å². The fourth-order valence-electron chi connectivity index (χ4n) is 8.39. The van der Waals surface area contributed by atoms with Crippen LogP contribution >= 0.6 is 0 Å². The van der Waals surface area contributed by atoms with Crippen molar-refractivity contribution < 1.29 is 27.6 Å². The van der Waals surface area contributed by atoms with Gasteiger partial charge in [-0.3, -0.25) is 33.5 Å². The summed E-state index contributed by atoms with van der Waals surface area (Å²) in [4.78, 5) is 61.7. The zero-order valence-electron chi connectivity index (χ0n) is 32.6. The van der Waals surface area contributed by atoms with Crippen LogP contribution in [0.15, 0.2) is 58.2 Å². The van der Waals surface area contributed by atoms with Crippen LogP contribution in [0.5, 0.6) is 0 Å². The minimum absolute atomic E-state index is 0.0385. The predicted molar refractivity (Wildman–Crippen MR) is 211 cm³/mol. The number of piperidine rings is 1. The number of hydrogen-bond acceptors (Lipinski definition) is 10. The fourth-order valence-corrected chi connectivity index (χ4v) is 8.39. The van der Waals surface area contributed by atoms with Crippen molar-refractivity contribution in [3.63, 3.8) is 0 Å². The predicted octanol–water partition coefficient (Wildman–Crippen LogP) is 5.87. The van der Waals surface area contributed by atoms with E-state index in [-0.39, 0.29) is 47.8 Å². The summed E-state index contributed by atoms with van der Waals surface area (Å²) in [6, 6.07) is 8.50. The number of pyridine rings is 1. The monoisotopic (exact) mass is 798 g/mol. The van der Waals surface area contributed by atoms with Gasteiger partial charge in [-0.1, -0.05) is 12.1 Å². The molecular weight excluding hydrogens is 751 g/mol. The van der Waals surface area contributed by atoms with E-state index in [1.807, 2.05) is 18.2 Å². The van der Waals surface area contributed by atoms with Crippen molar-refractivity contribution in [2.45, 2.75) is 82.7 Å². The van der Waals surface area contributed by atoms with E-state index in [1.54, 1.807) is 34.6 Å². The SMILES string of the molecule is CN(CCCc1cccc2c1n(C)c(=O)n2C1CCC(=O)NC1=O)CC1CCC(n2cc(NC(=O)c3coc(-c4ccnc(NCC5CC5)c4)n3)c(C(F)F)n2)CC1. The molecular formula is C41H48F2N10O5. The lowest BCUT2D eigenvalue weighted by atomic mass is 9.86. The van der Waals surface area contributed by atoms with Gasteiger partial charge < -0.3 is 20.0 Å². The average Bonchev–Trinajstić information content (AvgIpc) is 3.61. The molecule has 15 nitrogen and oxygen atoms in total. The number of nitrogens with zero attached hydrogens (tertiary/aromatic N) is 7. The number of carbonyl (C=O) groups is 3. The molecule has 3 fully saturated rings. The van der Waals surface area contributed by atoms with Gasteiger partial charge in [0.15, 0.2) is 11.4 Å². The second-order valence-corrected chi connectivity index (χ2v) is 16.0. The first-order chi connectivity index (χ1) is 28.0. The molecule has 306 valence electrons. The Morgan fingerprint density at radius 2 is 1.86 bits per heavy atom. The molecule has 2 saturated carbocycles. The molecule has 17 heteroatoms. The van der Waals surface area contributed by atoms with E-state index < -0.39 is 30.0 Å². The van der Waals surface area contributed by atoms with E-state index in [1.165, 1.54) is 29.9 Å². The molecule has 5 aromatic rings. The summed E-state index contributed by atoms with van der Waals surface area (Å²) in [5.41, 5.74) is 2.30. The van der Waals surface area contributed by atoms with Crippen LogP contribution in [0.1, 0.15) is 98.0 Å². The molecule has 1 atom stereocenters. The lowest BCUT2D eigenvalue weighted by Gasteiger charge is -2.31. The number of aromatic nitrogens is 6. The van der Waals surface area contributed by atoms with Gasteiger partial charge in [0.05, 0.1) is 22.8 Å². The maximum atomic E-state index is 14.2. The van der Waals surface area contributed by atoms with Crippen molar-refractivity contribution >= 4 is 40.3 Å². The second kappa shape index (κ2) is 16.6. The van der Waals surface area contributed by atoms with Crippen molar-refractivity contribution in [3.8, 4) is 11.5 Å². The Kier molecular flexibility index (Phi) is 11.2. The molecule has 0 bridgehead atoms. The highest BCUT2D eigenvalue weighted by atomic mass is 19.3. The molecule has 1 saturated heterocycles. The number of alkyl halides is 2. The lowest BCUT2D eigenvalue weighted by molar-refractivity contribution is -0.135. The third-order valence-electron chi connectivity index (χ3n) is 11.7. The number of imidazole rings is 1. The number of nitrogens with one attached hydrogen (secondary N) is 3.